The van der Waals surface area contributed by atoms with Crippen molar-refractivity contribution in [3.63, 3.8) is 0 Å². The van der Waals surface area contributed by atoms with Crippen LogP contribution >= 0.6 is 0 Å². The molecule has 1 aromatic heterocycles. The number of aryl methyl sites for hydroxylation is 2. The Bertz CT molecular complexity index is 438. The molecule has 0 radical (unpaired) electrons. The first-order chi connectivity index (χ1) is 11.2. The molecule has 1 atom stereocenters. The summed E-state index contributed by atoms with van der Waals surface area (Å²) >= 11 is 0. The van der Waals surface area contributed by atoms with E-state index in [0.717, 1.165) is 38.4 Å². The summed E-state index contributed by atoms with van der Waals surface area (Å²) in [7, 11) is 1.96. The second-order valence-electron chi connectivity index (χ2n) is 6.19. The molecule has 0 aliphatic heterocycles. The predicted molar refractivity (Wildman–Crippen MR) is 98.8 cm³/mol. The van der Waals surface area contributed by atoms with E-state index < -0.39 is 0 Å². The van der Waals surface area contributed by atoms with Gasteiger partial charge in [-0.05, 0) is 37.7 Å². The van der Waals surface area contributed by atoms with E-state index in [1.54, 1.807) is 0 Å². The van der Waals surface area contributed by atoms with Crippen LogP contribution < -0.4 is 10.6 Å². The molecule has 132 valence electrons. The molecule has 0 fully saturated rings. The Hall–Kier alpha value is -1.52. The molecule has 0 aliphatic carbocycles. The molecule has 0 spiro atoms. The Morgan fingerprint density at radius 3 is 2.70 bits per heavy atom. The average molecular weight is 322 g/mol. The topological polar surface area (TPSA) is 54.2 Å². The summed E-state index contributed by atoms with van der Waals surface area (Å²) in [6.45, 7) is 9.40. The van der Waals surface area contributed by atoms with Gasteiger partial charge in [-0.3, -0.25) is 9.67 Å². The second kappa shape index (κ2) is 12.0. The lowest BCUT2D eigenvalue weighted by atomic mass is 10.00. The van der Waals surface area contributed by atoms with E-state index in [4.69, 9.17) is 4.99 Å². The van der Waals surface area contributed by atoms with Gasteiger partial charge in [0.2, 0.25) is 0 Å². The third-order valence-corrected chi connectivity index (χ3v) is 4.09. The van der Waals surface area contributed by atoms with Gasteiger partial charge in [0.05, 0.1) is 6.20 Å². The molecule has 0 saturated carbocycles. The molecule has 0 saturated heterocycles. The van der Waals surface area contributed by atoms with Crippen molar-refractivity contribution in [3.05, 3.63) is 18.0 Å². The van der Waals surface area contributed by atoms with Crippen molar-refractivity contribution in [1.82, 2.24) is 20.4 Å². The number of unbranched alkanes of at least 4 members (excludes halogenated alkanes) is 1. The molecular formula is C18H35N5. The van der Waals surface area contributed by atoms with E-state index in [1.807, 2.05) is 17.9 Å². The highest BCUT2D eigenvalue weighted by atomic mass is 15.2. The van der Waals surface area contributed by atoms with E-state index in [-0.39, 0.29) is 0 Å². The fourth-order valence-corrected chi connectivity index (χ4v) is 2.58. The van der Waals surface area contributed by atoms with Crippen molar-refractivity contribution in [3.8, 4) is 0 Å². The Morgan fingerprint density at radius 1 is 1.26 bits per heavy atom. The Labute approximate surface area is 142 Å². The van der Waals surface area contributed by atoms with Crippen molar-refractivity contribution < 1.29 is 0 Å². The highest BCUT2D eigenvalue weighted by Crippen LogP contribution is 2.12. The minimum absolute atomic E-state index is 0.709. The monoisotopic (exact) mass is 321 g/mol. The summed E-state index contributed by atoms with van der Waals surface area (Å²) in [5, 5.41) is 11.0. The zero-order valence-electron chi connectivity index (χ0n) is 15.4. The number of hydrogen-bond acceptors (Lipinski definition) is 2. The summed E-state index contributed by atoms with van der Waals surface area (Å²) in [6.07, 6.45) is 11.2. The first-order valence-corrected chi connectivity index (χ1v) is 9.19. The molecule has 1 aromatic rings. The van der Waals surface area contributed by atoms with Crippen LogP contribution in [0.2, 0.25) is 0 Å². The smallest absolute Gasteiger partial charge is 0.191 e. The van der Waals surface area contributed by atoms with Gasteiger partial charge in [0.25, 0.3) is 0 Å². The van der Waals surface area contributed by atoms with Gasteiger partial charge in [0.1, 0.15) is 0 Å². The van der Waals surface area contributed by atoms with E-state index in [2.05, 4.69) is 42.7 Å². The Morgan fingerprint density at radius 2 is 2.09 bits per heavy atom. The summed E-state index contributed by atoms with van der Waals surface area (Å²) in [4.78, 5) is 4.76. The Balaban J connectivity index is 2.33. The maximum atomic E-state index is 4.76. The molecule has 1 unspecified atom stereocenters. The molecule has 0 amide bonds. The third kappa shape index (κ3) is 8.62. The van der Waals surface area contributed by atoms with E-state index in [1.165, 1.54) is 31.2 Å². The normalized spacial score (nSPS) is 13.1. The number of nitrogens with one attached hydrogen (secondary N) is 2. The number of aromatic nitrogens is 2. The molecule has 0 bridgehead atoms. The standard InChI is InChI=1S/C18H35N5/c1-5-8-10-16(6-2)13-21-18(19-7-3)20-12-9-11-17-14-22-23(4)15-17/h14-16H,5-13H2,1-4H3,(H2,19,20,21). The number of guanidine groups is 1. The number of aliphatic imine (C=N–C) groups is 1. The fraction of sp³-hybridized carbons (Fsp3) is 0.778. The lowest BCUT2D eigenvalue weighted by Crippen LogP contribution is -2.38. The summed E-state index contributed by atoms with van der Waals surface area (Å²) in [5.41, 5.74) is 1.29. The van der Waals surface area contributed by atoms with Crippen LogP contribution in [0.4, 0.5) is 0 Å². The van der Waals surface area contributed by atoms with E-state index in [0.29, 0.717) is 5.92 Å². The number of rotatable bonds is 11. The molecule has 2 N–H and O–H groups in total. The summed E-state index contributed by atoms with van der Waals surface area (Å²) in [6, 6.07) is 0. The largest absolute Gasteiger partial charge is 0.357 e. The van der Waals surface area contributed by atoms with Crippen molar-refractivity contribution in [2.45, 2.75) is 59.3 Å². The van der Waals surface area contributed by atoms with Gasteiger partial charge in [0.15, 0.2) is 5.96 Å². The lowest BCUT2D eigenvalue weighted by Gasteiger charge is -2.15. The van der Waals surface area contributed by atoms with Crippen molar-refractivity contribution in [2.24, 2.45) is 18.0 Å². The molecule has 0 aromatic carbocycles. The predicted octanol–water partition coefficient (Wildman–Crippen LogP) is 3.12. The van der Waals surface area contributed by atoms with Crippen LogP contribution in [-0.2, 0) is 13.5 Å². The highest BCUT2D eigenvalue weighted by Gasteiger charge is 2.06. The first-order valence-electron chi connectivity index (χ1n) is 9.19. The summed E-state index contributed by atoms with van der Waals surface area (Å²) < 4.78 is 1.86. The molecule has 0 aliphatic rings. The van der Waals surface area contributed by atoms with Gasteiger partial charge in [-0.1, -0.05) is 33.1 Å². The minimum Gasteiger partial charge on any atom is -0.357 e. The van der Waals surface area contributed by atoms with Crippen molar-refractivity contribution in [1.29, 1.82) is 0 Å². The quantitative estimate of drug-likeness (QED) is 0.374. The van der Waals surface area contributed by atoms with Gasteiger partial charge in [-0.25, -0.2) is 0 Å². The zero-order chi connectivity index (χ0) is 16.9. The van der Waals surface area contributed by atoms with Crippen molar-refractivity contribution in [2.75, 3.05) is 19.6 Å². The number of nitrogens with zero attached hydrogens (tertiary/aromatic N) is 3. The lowest BCUT2D eigenvalue weighted by molar-refractivity contribution is 0.461. The minimum atomic E-state index is 0.709. The third-order valence-electron chi connectivity index (χ3n) is 4.09. The SMILES string of the molecule is CCCCC(CC)CN=C(NCC)NCCCc1cnn(C)c1. The second-order valence-corrected chi connectivity index (χ2v) is 6.19. The van der Waals surface area contributed by atoms with E-state index >= 15 is 0 Å². The molecule has 1 rings (SSSR count). The van der Waals surface area contributed by atoms with Crippen LogP contribution in [0.3, 0.4) is 0 Å². The van der Waals surface area contributed by atoms with Crippen molar-refractivity contribution >= 4 is 5.96 Å². The van der Waals surface area contributed by atoms with Crippen LogP contribution in [-0.4, -0.2) is 35.4 Å². The van der Waals surface area contributed by atoms with Gasteiger partial charge in [0, 0.05) is 32.9 Å². The van der Waals surface area contributed by atoms with Gasteiger partial charge in [-0.15, -0.1) is 0 Å². The van der Waals surface area contributed by atoms with E-state index in [9.17, 15) is 0 Å². The van der Waals surface area contributed by atoms with Crippen LogP contribution in [0.15, 0.2) is 17.4 Å². The van der Waals surface area contributed by atoms with Crippen LogP contribution in [0.5, 0.6) is 0 Å². The molecule has 5 heteroatoms. The Kier molecular flexibility index (Phi) is 10.2. The van der Waals surface area contributed by atoms with Crippen LogP contribution in [0, 0.1) is 5.92 Å². The van der Waals surface area contributed by atoms with Gasteiger partial charge < -0.3 is 10.6 Å². The molecule has 23 heavy (non-hydrogen) atoms. The van der Waals surface area contributed by atoms with Gasteiger partial charge in [-0.2, -0.15) is 5.10 Å². The number of hydrogen-bond donors (Lipinski definition) is 2. The summed E-state index contributed by atoms with van der Waals surface area (Å²) in [5.74, 6) is 1.66. The molecule has 5 nitrogen and oxygen atoms in total. The molecular weight excluding hydrogens is 286 g/mol. The van der Waals surface area contributed by atoms with Gasteiger partial charge >= 0.3 is 0 Å². The maximum Gasteiger partial charge on any atom is 0.191 e. The highest BCUT2D eigenvalue weighted by molar-refractivity contribution is 5.79. The zero-order valence-corrected chi connectivity index (χ0v) is 15.4. The first kappa shape index (κ1) is 19.5. The average Bonchev–Trinajstić information content (AvgIpc) is 2.96. The van der Waals surface area contributed by atoms with Crippen LogP contribution in [0.25, 0.3) is 0 Å². The molecule has 1 heterocycles. The van der Waals surface area contributed by atoms with Crippen LogP contribution in [0.1, 0.15) is 58.4 Å². The maximum absolute atomic E-state index is 4.76. The fourth-order valence-electron chi connectivity index (χ4n) is 2.58.